The van der Waals surface area contributed by atoms with E-state index in [-0.39, 0.29) is 30.8 Å². The van der Waals surface area contributed by atoms with Gasteiger partial charge in [-0.3, -0.25) is 19.3 Å². The van der Waals surface area contributed by atoms with Crippen molar-refractivity contribution in [2.45, 2.75) is 26.4 Å². The molecule has 0 fully saturated rings. The Morgan fingerprint density at radius 1 is 1.06 bits per heavy atom. The minimum atomic E-state index is -0.784. The number of nitrogens with zero attached hydrogens (tertiary/aromatic N) is 1. The fraction of sp³-hybridized carbons (Fsp3) is 0.222. The molecule has 1 N–H and O–H groups in total. The van der Waals surface area contributed by atoms with Crippen LogP contribution in [0.4, 0.5) is 5.69 Å². The second kappa shape index (κ2) is 10.2. The molecule has 1 aliphatic rings. The molecular weight excluding hydrogens is 432 g/mol. The number of hydrogen-bond acceptors (Lipinski definition) is 5. The van der Waals surface area contributed by atoms with Gasteiger partial charge in [-0.2, -0.15) is 0 Å². The molecule has 1 unspecified atom stereocenters. The number of carbonyl (C=O) groups is 3. The van der Waals surface area contributed by atoms with Crippen LogP contribution in [0.25, 0.3) is 0 Å². The molecular formula is C27H26N2O5. The van der Waals surface area contributed by atoms with Gasteiger partial charge in [0.1, 0.15) is 17.5 Å². The molecule has 4 rings (SSSR count). The maximum Gasteiger partial charge on any atom is 0.265 e. The first-order chi connectivity index (χ1) is 16.4. The Hall–Kier alpha value is -4.13. The van der Waals surface area contributed by atoms with Crippen LogP contribution in [0, 0.1) is 6.92 Å². The Morgan fingerprint density at radius 2 is 1.85 bits per heavy atom. The minimum Gasteiger partial charge on any atom is -0.485 e. The number of fused-ring (bicyclic) bond motifs is 1. The van der Waals surface area contributed by atoms with Crippen LogP contribution in [0.15, 0.2) is 72.8 Å². The lowest BCUT2D eigenvalue weighted by Crippen LogP contribution is -2.51. The molecule has 2 amide bonds. The van der Waals surface area contributed by atoms with Crippen LogP contribution in [0.3, 0.4) is 0 Å². The number of nitrogens with one attached hydrogen (secondary N) is 1. The van der Waals surface area contributed by atoms with Crippen molar-refractivity contribution in [3.63, 3.8) is 0 Å². The number of carbonyl (C=O) groups excluding carboxylic acids is 3. The molecule has 3 aromatic carbocycles. The van der Waals surface area contributed by atoms with E-state index in [9.17, 15) is 14.4 Å². The van der Waals surface area contributed by atoms with E-state index in [0.717, 1.165) is 11.1 Å². The first-order valence-electron chi connectivity index (χ1n) is 11.1. The van der Waals surface area contributed by atoms with Gasteiger partial charge < -0.3 is 14.8 Å². The smallest absolute Gasteiger partial charge is 0.265 e. The van der Waals surface area contributed by atoms with Gasteiger partial charge in [0.15, 0.2) is 19.0 Å². The van der Waals surface area contributed by atoms with E-state index in [1.807, 2.05) is 55.5 Å². The molecule has 7 nitrogen and oxygen atoms in total. The van der Waals surface area contributed by atoms with Crippen molar-refractivity contribution in [1.29, 1.82) is 0 Å². The molecule has 1 aliphatic heterocycles. The molecule has 0 aromatic heterocycles. The van der Waals surface area contributed by atoms with E-state index in [2.05, 4.69) is 5.32 Å². The van der Waals surface area contributed by atoms with E-state index in [1.165, 1.54) is 4.90 Å². The minimum absolute atomic E-state index is 0.149. The first-order valence-corrected chi connectivity index (χ1v) is 11.1. The molecule has 3 aromatic rings. The monoisotopic (exact) mass is 458 g/mol. The van der Waals surface area contributed by atoms with Crippen LogP contribution in [0.1, 0.15) is 28.4 Å². The Kier molecular flexibility index (Phi) is 6.92. The van der Waals surface area contributed by atoms with Crippen molar-refractivity contribution >= 4 is 23.3 Å². The fourth-order valence-corrected chi connectivity index (χ4v) is 3.76. The highest BCUT2D eigenvalue weighted by Gasteiger charge is 2.33. The number of benzene rings is 3. The van der Waals surface area contributed by atoms with Gasteiger partial charge in [0, 0.05) is 12.1 Å². The normalized spacial score (nSPS) is 13.5. The lowest BCUT2D eigenvalue weighted by molar-refractivity contribution is -0.127. The number of Topliss-reactive ketones (excluding diaryl/α,β-unsaturated/α-hetero) is 1. The van der Waals surface area contributed by atoms with Gasteiger partial charge in [-0.05, 0) is 55.3 Å². The highest BCUT2D eigenvalue weighted by molar-refractivity contribution is 6.05. The summed E-state index contributed by atoms with van der Waals surface area (Å²) in [5, 5.41) is 2.87. The van der Waals surface area contributed by atoms with E-state index in [0.29, 0.717) is 29.3 Å². The summed E-state index contributed by atoms with van der Waals surface area (Å²) in [6.45, 7) is 3.63. The molecule has 0 saturated heterocycles. The molecule has 7 heteroatoms. The maximum absolute atomic E-state index is 12.8. The van der Waals surface area contributed by atoms with Crippen molar-refractivity contribution < 1.29 is 23.9 Å². The van der Waals surface area contributed by atoms with Gasteiger partial charge in [0.25, 0.3) is 5.91 Å². The Morgan fingerprint density at radius 3 is 2.62 bits per heavy atom. The number of aryl methyl sites for hydroxylation is 1. The van der Waals surface area contributed by atoms with E-state index >= 15 is 0 Å². The number of amides is 2. The summed E-state index contributed by atoms with van der Waals surface area (Å²) in [5.74, 6) is 0.150. The van der Waals surface area contributed by atoms with Crippen molar-refractivity contribution in [2.75, 3.05) is 18.1 Å². The standard InChI is InChI=1S/C27H26N2O5/c1-18-7-6-10-22(13-18)33-16-24(30)21-11-12-25-23(14-21)29(26(31)17-34-25)19(2)27(32)28-15-20-8-4-3-5-9-20/h3-14,19H,15-17H2,1-2H3,(H,28,32). The third-order valence-corrected chi connectivity index (χ3v) is 5.60. The second-order valence-electron chi connectivity index (χ2n) is 8.14. The van der Waals surface area contributed by atoms with Gasteiger partial charge in [-0.15, -0.1) is 0 Å². The van der Waals surface area contributed by atoms with Crippen LogP contribution in [0.2, 0.25) is 0 Å². The average Bonchev–Trinajstić information content (AvgIpc) is 2.85. The third kappa shape index (κ3) is 5.26. The SMILES string of the molecule is Cc1cccc(OCC(=O)c2ccc3c(c2)N(C(C)C(=O)NCc2ccccc2)C(=O)CO3)c1. The Balaban J connectivity index is 1.49. The molecule has 0 saturated carbocycles. The van der Waals surface area contributed by atoms with E-state index in [4.69, 9.17) is 9.47 Å². The summed E-state index contributed by atoms with van der Waals surface area (Å²) in [6, 6.07) is 21.0. The molecule has 34 heavy (non-hydrogen) atoms. The van der Waals surface area contributed by atoms with Gasteiger partial charge in [0.2, 0.25) is 5.91 Å². The first kappa shape index (κ1) is 23.0. The Labute approximate surface area is 198 Å². The highest BCUT2D eigenvalue weighted by atomic mass is 16.5. The van der Waals surface area contributed by atoms with Crippen molar-refractivity contribution in [3.8, 4) is 11.5 Å². The summed E-state index contributed by atoms with van der Waals surface area (Å²) in [4.78, 5) is 39.7. The van der Waals surface area contributed by atoms with E-state index in [1.54, 1.807) is 31.2 Å². The van der Waals surface area contributed by atoms with Crippen molar-refractivity contribution in [3.05, 3.63) is 89.5 Å². The van der Waals surface area contributed by atoms with Gasteiger partial charge in [0.05, 0.1) is 5.69 Å². The van der Waals surface area contributed by atoms with Crippen LogP contribution >= 0.6 is 0 Å². The van der Waals surface area contributed by atoms with Crippen molar-refractivity contribution in [1.82, 2.24) is 5.32 Å². The zero-order valence-corrected chi connectivity index (χ0v) is 19.1. The Bertz CT molecular complexity index is 1210. The lowest BCUT2D eigenvalue weighted by atomic mass is 10.1. The van der Waals surface area contributed by atoms with Crippen molar-refractivity contribution in [2.24, 2.45) is 0 Å². The van der Waals surface area contributed by atoms with E-state index < -0.39 is 6.04 Å². The quantitative estimate of drug-likeness (QED) is 0.521. The molecule has 0 bridgehead atoms. The molecule has 0 aliphatic carbocycles. The van der Waals surface area contributed by atoms with Crippen LogP contribution in [0.5, 0.6) is 11.5 Å². The largest absolute Gasteiger partial charge is 0.485 e. The summed E-state index contributed by atoms with van der Waals surface area (Å²) >= 11 is 0. The molecule has 0 spiro atoms. The number of ketones is 1. The molecule has 1 atom stereocenters. The summed E-state index contributed by atoms with van der Waals surface area (Å²) in [5.41, 5.74) is 2.74. The average molecular weight is 459 g/mol. The molecule has 0 radical (unpaired) electrons. The number of rotatable bonds is 8. The second-order valence-corrected chi connectivity index (χ2v) is 8.14. The highest BCUT2D eigenvalue weighted by Crippen LogP contribution is 2.34. The topological polar surface area (TPSA) is 84.9 Å². The predicted molar refractivity (Wildman–Crippen MR) is 128 cm³/mol. The molecule has 1 heterocycles. The third-order valence-electron chi connectivity index (χ3n) is 5.60. The number of anilines is 1. The van der Waals surface area contributed by atoms with Gasteiger partial charge in [-0.1, -0.05) is 42.5 Å². The summed E-state index contributed by atoms with van der Waals surface area (Å²) < 4.78 is 11.2. The number of hydrogen-bond donors (Lipinski definition) is 1. The van der Waals surface area contributed by atoms with Gasteiger partial charge >= 0.3 is 0 Å². The van der Waals surface area contributed by atoms with Crippen LogP contribution in [-0.4, -0.2) is 36.9 Å². The maximum atomic E-state index is 12.8. The zero-order valence-electron chi connectivity index (χ0n) is 19.1. The summed E-state index contributed by atoms with van der Waals surface area (Å²) in [7, 11) is 0. The fourth-order valence-electron chi connectivity index (χ4n) is 3.76. The van der Waals surface area contributed by atoms with Crippen LogP contribution in [-0.2, 0) is 16.1 Å². The summed E-state index contributed by atoms with van der Waals surface area (Å²) in [6.07, 6.45) is 0. The number of ether oxygens (including phenoxy) is 2. The molecule has 174 valence electrons. The van der Waals surface area contributed by atoms with Gasteiger partial charge in [-0.25, -0.2) is 0 Å². The lowest BCUT2D eigenvalue weighted by Gasteiger charge is -2.33. The zero-order chi connectivity index (χ0) is 24.1. The predicted octanol–water partition coefficient (Wildman–Crippen LogP) is 3.69. The van der Waals surface area contributed by atoms with Crippen LogP contribution < -0.4 is 19.7 Å².